The minimum Gasteiger partial charge on any atom is -0.480 e. The van der Waals surface area contributed by atoms with Gasteiger partial charge < -0.3 is 15.7 Å². The number of carbonyl (C=O) groups excluding carboxylic acids is 1. The van der Waals surface area contributed by atoms with Gasteiger partial charge in [-0.1, -0.05) is 0 Å². The molecule has 0 saturated carbocycles. The molecule has 0 aromatic carbocycles. The molecule has 1 fully saturated rings. The molecular formula is C11H18N2O5S. The Labute approximate surface area is 112 Å². The van der Waals surface area contributed by atoms with Crippen LogP contribution < -0.4 is 10.6 Å². The third-order valence-electron chi connectivity index (χ3n) is 2.93. The van der Waals surface area contributed by atoms with E-state index in [0.717, 1.165) is 11.8 Å². The Balaban J connectivity index is 2.63. The van der Waals surface area contributed by atoms with Crippen LogP contribution in [-0.2, 0) is 19.4 Å². The molecule has 0 aromatic rings. The van der Waals surface area contributed by atoms with Gasteiger partial charge in [0, 0.05) is 24.9 Å². The average Bonchev–Trinajstić information content (AvgIpc) is 2.19. The van der Waals surface area contributed by atoms with E-state index in [2.05, 4.69) is 10.6 Å². The lowest BCUT2D eigenvalue weighted by atomic mass is 10.0. The fraction of sp³-hybridized carbons (Fsp3) is 0.636. The zero-order chi connectivity index (χ0) is 14.6. The first-order valence-electron chi connectivity index (χ1n) is 5.81. The van der Waals surface area contributed by atoms with Gasteiger partial charge in [0.15, 0.2) is 0 Å². The van der Waals surface area contributed by atoms with Gasteiger partial charge in [-0.25, -0.2) is 13.2 Å². The van der Waals surface area contributed by atoms with Crippen LogP contribution in [0.2, 0.25) is 0 Å². The van der Waals surface area contributed by atoms with Crippen LogP contribution >= 0.6 is 0 Å². The van der Waals surface area contributed by atoms with Crippen molar-refractivity contribution in [3.05, 3.63) is 11.1 Å². The first kappa shape index (κ1) is 15.6. The predicted molar refractivity (Wildman–Crippen MR) is 69.5 cm³/mol. The predicted octanol–water partition coefficient (Wildman–Crippen LogP) is -1.09. The summed E-state index contributed by atoms with van der Waals surface area (Å²) < 4.78 is 22.0. The van der Waals surface area contributed by atoms with Crippen LogP contribution in [0.4, 0.5) is 0 Å². The average molecular weight is 290 g/mol. The monoisotopic (exact) mass is 290 g/mol. The maximum Gasteiger partial charge on any atom is 0.326 e. The van der Waals surface area contributed by atoms with Crippen molar-refractivity contribution in [2.45, 2.75) is 19.4 Å². The topological polar surface area (TPSA) is 113 Å². The Morgan fingerprint density at radius 2 is 2.00 bits per heavy atom. The molecule has 108 valence electrons. The van der Waals surface area contributed by atoms with Crippen LogP contribution in [0, 0.1) is 0 Å². The van der Waals surface area contributed by atoms with Gasteiger partial charge in [0.2, 0.25) is 5.91 Å². The molecular weight excluding hydrogens is 272 g/mol. The minimum absolute atomic E-state index is 0.138. The molecule has 0 aromatic heterocycles. The van der Waals surface area contributed by atoms with E-state index >= 15 is 0 Å². The van der Waals surface area contributed by atoms with Gasteiger partial charge in [0.25, 0.3) is 0 Å². The van der Waals surface area contributed by atoms with E-state index < -0.39 is 27.8 Å². The molecule has 1 rings (SSSR count). The third kappa shape index (κ3) is 4.99. The fourth-order valence-electron chi connectivity index (χ4n) is 1.53. The Hall–Kier alpha value is -1.41. The zero-order valence-electron chi connectivity index (χ0n) is 10.9. The van der Waals surface area contributed by atoms with Crippen molar-refractivity contribution in [1.29, 1.82) is 0 Å². The first-order valence-corrected chi connectivity index (χ1v) is 7.87. The van der Waals surface area contributed by atoms with Crippen LogP contribution in [-0.4, -0.2) is 56.5 Å². The lowest BCUT2D eigenvalue weighted by Crippen LogP contribution is -2.44. The summed E-state index contributed by atoms with van der Waals surface area (Å²) in [6.07, 6.45) is 0.891. The normalized spacial score (nSPS) is 16.4. The summed E-state index contributed by atoms with van der Waals surface area (Å²) in [5.41, 5.74) is 1.43. The largest absolute Gasteiger partial charge is 0.480 e. The first-order chi connectivity index (χ1) is 8.70. The van der Waals surface area contributed by atoms with E-state index in [4.69, 9.17) is 5.11 Å². The number of hydrogen-bond donors (Lipinski definition) is 3. The highest BCUT2D eigenvalue weighted by Gasteiger charge is 2.24. The molecule has 1 saturated heterocycles. The molecule has 1 heterocycles. The zero-order valence-corrected chi connectivity index (χ0v) is 11.7. The number of amides is 1. The van der Waals surface area contributed by atoms with Crippen molar-refractivity contribution >= 4 is 21.7 Å². The van der Waals surface area contributed by atoms with Crippen LogP contribution in [0.3, 0.4) is 0 Å². The number of carboxylic acids is 1. The van der Waals surface area contributed by atoms with E-state index in [9.17, 15) is 18.0 Å². The molecule has 1 amide bonds. The van der Waals surface area contributed by atoms with Crippen molar-refractivity contribution in [3.8, 4) is 0 Å². The molecule has 7 nitrogen and oxygen atoms in total. The molecule has 1 unspecified atom stereocenters. The number of sulfone groups is 1. The second kappa shape index (κ2) is 6.16. The summed E-state index contributed by atoms with van der Waals surface area (Å²) in [5.74, 6) is -1.97. The fourth-order valence-corrected chi connectivity index (χ4v) is 2.20. The molecule has 1 aliphatic heterocycles. The van der Waals surface area contributed by atoms with Crippen molar-refractivity contribution < 1.29 is 23.1 Å². The molecule has 3 N–H and O–H groups in total. The summed E-state index contributed by atoms with van der Waals surface area (Å²) in [4.78, 5) is 22.8. The SMILES string of the molecule is CC(C(=O)NC(CCS(C)(=O)=O)C(=O)O)=C1CNC1. The van der Waals surface area contributed by atoms with Crippen molar-refractivity contribution in [1.82, 2.24) is 10.6 Å². The second-order valence-corrected chi connectivity index (χ2v) is 6.87. The number of carboxylic acid groups (broad SMARTS) is 1. The van der Waals surface area contributed by atoms with Crippen LogP contribution in [0.15, 0.2) is 11.1 Å². The smallest absolute Gasteiger partial charge is 0.326 e. The van der Waals surface area contributed by atoms with E-state index in [1.807, 2.05) is 0 Å². The van der Waals surface area contributed by atoms with Gasteiger partial charge in [-0.2, -0.15) is 0 Å². The molecule has 0 aliphatic carbocycles. The summed E-state index contributed by atoms with van der Waals surface area (Å²) in [5, 5.41) is 14.3. The van der Waals surface area contributed by atoms with E-state index in [1.54, 1.807) is 6.92 Å². The van der Waals surface area contributed by atoms with Crippen molar-refractivity contribution in [2.75, 3.05) is 25.1 Å². The number of hydrogen-bond acceptors (Lipinski definition) is 5. The number of aliphatic carboxylic acids is 1. The third-order valence-corrected chi connectivity index (χ3v) is 3.91. The van der Waals surface area contributed by atoms with Crippen molar-refractivity contribution in [3.63, 3.8) is 0 Å². The molecule has 0 radical (unpaired) electrons. The van der Waals surface area contributed by atoms with Gasteiger partial charge in [-0.3, -0.25) is 4.79 Å². The molecule has 1 atom stereocenters. The van der Waals surface area contributed by atoms with Crippen molar-refractivity contribution in [2.24, 2.45) is 0 Å². The minimum atomic E-state index is -3.26. The van der Waals surface area contributed by atoms with Gasteiger partial charge in [-0.05, 0) is 18.9 Å². The van der Waals surface area contributed by atoms with Crippen LogP contribution in [0.1, 0.15) is 13.3 Å². The Bertz CT molecular complexity index is 503. The highest BCUT2D eigenvalue weighted by Crippen LogP contribution is 2.09. The van der Waals surface area contributed by atoms with Gasteiger partial charge in [-0.15, -0.1) is 0 Å². The van der Waals surface area contributed by atoms with Gasteiger partial charge in [0.05, 0.1) is 5.75 Å². The Kier molecular flexibility index (Phi) is 5.07. The second-order valence-electron chi connectivity index (χ2n) is 4.61. The summed E-state index contributed by atoms with van der Waals surface area (Å²) in [6, 6.07) is -1.19. The lowest BCUT2D eigenvalue weighted by molar-refractivity contribution is -0.141. The van der Waals surface area contributed by atoms with E-state index in [1.165, 1.54) is 0 Å². The summed E-state index contributed by atoms with van der Waals surface area (Å²) in [6.45, 7) is 2.88. The van der Waals surface area contributed by atoms with Crippen LogP contribution in [0.5, 0.6) is 0 Å². The number of rotatable bonds is 6. The Morgan fingerprint density at radius 3 is 2.37 bits per heavy atom. The summed E-state index contributed by atoms with van der Waals surface area (Å²) in [7, 11) is -3.26. The quantitative estimate of drug-likeness (QED) is 0.536. The maximum atomic E-state index is 11.8. The van der Waals surface area contributed by atoms with E-state index in [0.29, 0.717) is 18.7 Å². The molecule has 0 spiro atoms. The lowest BCUT2D eigenvalue weighted by Gasteiger charge is -2.22. The van der Waals surface area contributed by atoms with Gasteiger partial charge >= 0.3 is 5.97 Å². The molecule has 8 heteroatoms. The highest BCUT2D eigenvalue weighted by atomic mass is 32.2. The van der Waals surface area contributed by atoms with E-state index in [-0.39, 0.29) is 12.2 Å². The Morgan fingerprint density at radius 1 is 1.42 bits per heavy atom. The summed E-state index contributed by atoms with van der Waals surface area (Å²) >= 11 is 0. The van der Waals surface area contributed by atoms with Crippen LogP contribution in [0.25, 0.3) is 0 Å². The standard InChI is InChI=1S/C11H18N2O5S/c1-7(8-5-12-6-8)10(14)13-9(11(15)16)3-4-19(2,17)18/h9,12H,3-6H2,1-2H3,(H,13,14)(H,15,16). The maximum absolute atomic E-state index is 11.8. The number of nitrogens with one attached hydrogen (secondary N) is 2. The number of carbonyl (C=O) groups is 2. The van der Waals surface area contributed by atoms with Gasteiger partial charge in [0.1, 0.15) is 15.9 Å². The molecule has 1 aliphatic rings. The molecule has 0 bridgehead atoms. The molecule has 19 heavy (non-hydrogen) atoms. The highest BCUT2D eigenvalue weighted by molar-refractivity contribution is 7.90.